The van der Waals surface area contributed by atoms with Gasteiger partial charge in [0, 0.05) is 44.0 Å². The van der Waals surface area contributed by atoms with Crippen LogP contribution in [0, 0.1) is 5.41 Å². The van der Waals surface area contributed by atoms with Crippen molar-refractivity contribution >= 4 is 15.8 Å². The highest BCUT2D eigenvalue weighted by Gasteiger charge is 2.42. The number of aromatic nitrogens is 2. The molecule has 0 aliphatic carbocycles. The first-order valence-electron chi connectivity index (χ1n) is 8.11. The fourth-order valence-corrected chi connectivity index (χ4v) is 4.72. The summed E-state index contributed by atoms with van der Waals surface area (Å²) in [6, 6.07) is 0. The highest BCUT2D eigenvalue weighted by molar-refractivity contribution is 7.89. The summed E-state index contributed by atoms with van der Waals surface area (Å²) in [4.78, 5) is 10.7. The minimum absolute atomic E-state index is 0.151. The number of anilines is 1. The molecule has 1 aromatic rings. The lowest BCUT2D eigenvalue weighted by Gasteiger charge is -2.43. The van der Waals surface area contributed by atoms with Crippen LogP contribution >= 0.6 is 0 Å². The van der Waals surface area contributed by atoms with E-state index in [0.29, 0.717) is 26.3 Å². The zero-order valence-electron chi connectivity index (χ0n) is 13.5. The van der Waals surface area contributed by atoms with E-state index in [0.717, 1.165) is 31.7 Å². The van der Waals surface area contributed by atoms with Crippen LogP contribution in [0.5, 0.6) is 0 Å². The van der Waals surface area contributed by atoms with Gasteiger partial charge in [0.15, 0.2) is 0 Å². The van der Waals surface area contributed by atoms with Crippen molar-refractivity contribution in [1.29, 1.82) is 0 Å². The fraction of sp³-hybridized carbons (Fsp3) is 0.733. The van der Waals surface area contributed by atoms with Crippen molar-refractivity contribution in [2.45, 2.75) is 19.8 Å². The second-order valence-corrected chi connectivity index (χ2v) is 8.63. The molecule has 1 atom stereocenters. The lowest BCUT2D eigenvalue weighted by atomic mass is 9.81. The van der Waals surface area contributed by atoms with Crippen LogP contribution in [-0.2, 0) is 14.8 Å². The van der Waals surface area contributed by atoms with Crippen LogP contribution in [0.2, 0.25) is 0 Å². The van der Waals surface area contributed by atoms with Crippen molar-refractivity contribution in [2.24, 2.45) is 5.41 Å². The maximum Gasteiger partial charge on any atom is 0.213 e. The summed E-state index contributed by atoms with van der Waals surface area (Å²) in [5.74, 6) is 0.977. The summed E-state index contributed by atoms with van der Waals surface area (Å²) in [5, 5.41) is 0. The number of hydrogen-bond donors (Lipinski definition) is 0. The minimum atomic E-state index is -3.16. The van der Waals surface area contributed by atoms with Crippen LogP contribution in [-0.4, -0.2) is 67.8 Å². The first-order valence-corrected chi connectivity index (χ1v) is 9.72. The molecule has 0 bridgehead atoms. The molecular weight excluding hydrogens is 316 g/mol. The van der Waals surface area contributed by atoms with E-state index < -0.39 is 10.0 Å². The normalized spacial score (nSPS) is 27.1. The summed E-state index contributed by atoms with van der Waals surface area (Å²) >= 11 is 0. The Balaban J connectivity index is 1.82. The summed E-state index contributed by atoms with van der Waals surface area (Å²) < 4.78 is 32.0. The highest BCUT2D eigenvalue weighted by Crippen LogP contribution is 2.35. The molecule has 3 rings (SSSR count). The van der Waals surface area contributed by atoms with Crippen LogP contribution in [0.15, 0.2) is 18.6 Å². The summed E-state index contributed by atoms with van der Waals surface area (Å²) in [6.45, 7) is 5.57. The van der Waals surface area contributed by atoms with Crippen molar-refractivity contribution in [2.75, 3.05) is 50.0 Å². The molecule has 3 heterocycles. The van der Waals surface area contributed by atoms with E-state index in [1.165, 1.54) is 0 Å². The molecule has 23 heavy (non-hydrogen) atoms. The molecule has 128 valence electrons. The van der Waals surface area contributed by atoms with Crippen molar-refractivity contribution < 1.29 is 13.2 Å². The Labute approximate surface area is 137 Å². The highest BCUT2D eigenvalue weighted by atomic mass is 32.2. The van der Waals surface area contributed by atoms with Crippen molar-refractivity contribution in [3.05, 3.63) is 18.6 Å². The first kappa shape index (κ1) is 16.6. The van der Waals surface area contributed by atoms with Gasteiger partial charge in [-0.05, 0) is 19.8 Å². The van der Waals surface area contributed by atoms with Gasteiger partial charge in [-0.1, -0.05) is 0 Å². The molecule has 0 saturated carbocycles. The number of nitrogens with zero attached hydrogens (tertiary/aromatic N) is 4. The Bertz CT molecular complexity index is 625. The van der Waals surface area contributed by atoms with E-state index >= 15 is 0 Å². The largest absolute Gasteiger partial charge is 0.379 e. The van der Waals surface area contributed by atoms with Crippen LogP contribution < -0.4 is 4.90 Å². The van der Waals surface area contributed by atoms with E-state index in [1.54, 1.807) is 29.8 Å². The Morgan fingerprint density at radius 3 is 2.91 bits per heavy atom. The second-order valence-electron chi connectivity index (χ2n) is 6.38. The number of sulfonamides is 1. The van der Waals surface area contributed by atoms with Crippen molar-refractivity contribution in [1.82, 2.24) is 14.3 Å². The minimum Gasteiger partial charge on any atom is -0.379 e. The topological polar surface area (TPSA) is 75.6 Å². The van der Waals surface area contributed by atoms with Gasteiger partial charge in [0.25, 0.3) is 0 Å². The van der Waals surface area contributed by atoms with Crippen LogP contribution in [0.1, 0.15) is 19.8 Å². The van der Waals surface area contributed by atoms with Gasteiger partial charge < -0.3 is 9.64 Å². The zero-order chi connectivity index (χ0) is 16.3. The lowest BCUT2D eigenvalue weighted by Crippen LogP contribution is -2.52. The van der Waals surface area contributed by atoms with Gasteiger partial charge in [0.05, 0.1) is 25.2 Å². The number of rotatable bonds is 3. The van der Waals surface area contributed by atoms with Crippen LogP contribution in [0.3, 0.4) is 0 Å². The Hall–Kier alpha value is -1.25. The van der Waals surface area contributed by atoms with Gasteiger partial charge in [0.2, 0.25) is 10.0 Å². The molecule has 2 fully saturated rings. The molecule has 0 radical (unpaired) electrons. The van der Waals surface area contributed by atoms with Gasteiger partial charge in [-0.25, -0.2) is 17.7 Å². The van der Waals surface area contributed by atoms with Gasteiger partial charge in [0.1, 0.15) is 5.82 Å². The molecule has 0 N–H and O–H groups in total. The maximum absolute atomic E-state index is 12.3. The molecule has 2 saturated heterocycles. The molecule has 7 nitrogen and oxygen atoms in total. The Morgan fingerprint density at radius 1 is 1.30 bits per heavy atom. The average molecular weight is 340 g/mol. The number of hydrogen-bond acceptors (Lipinski definition) is 6. The first-order chi connectivity index (χ1) is 11.0. The second kappa shape index (κ2) is 6.70. The van der Waals surface area contributed by atoms with E-state index in [4.69, 9.17) is 4.74 Å². The lowest BCUT2D eigenvalue weighted by molar-refractivity contribution is 0.0350. The monoisotopic (exact) mass is 340 g/mol. The summed E-state index contributed by atoms with van der Waals surface area (Å²) in [5.41, 5.74) is -0.172. The molecule has 2 aliphatic rings. The van der Waals surface area contributed by atoms with Gasteiger partial charge in [-0.15, -0.1) is 0 Å². The van der Waals surface area contributed by atoms with Crippen LogP contribution in [0.4, 0.5) is 5.82 Å². The van der Waals surface area contributed by atoms with Crippen molar-refractivity contribution in [3.63, 3.8) is 0 Å². The molecule has 0 amide bonds. The molecular formula is C15H24N4O3S. The third-order valence-electron chi connectivity index (χ3n) is 4.70. The van der Waals surface area contributed by atoms with Gasteiger partial charge in [-0.2, -0.15) is 0 Å². The quantitative estimate of drug-likeness (QED) is 0.808. The van der Waals surface area contributed by atoms with E-state index in [1.807, 2.05) is 0 Å². The average Bonchev–Trinajstić information content (AvgIpc) is 2.78. The third-order valence-corrected chi connectivity index (χ3v) is 6.53. The van der Waals surface area contributed by atoms with E-state index in [-0.39, 0.29) is 11.2 Å². The van der Waals surface area contributed by atoms with Gasteiger partial charge >= 0.3 is 0 Å². The maximum atomic E-state index is 12.3. The predicted molar refractivity (Wildman–Crippen MR) is 87.8 cm³/mol. The zero-order valence-corrected chi connectivity index (χ0v) is 14.3. The number of ether oxygens (including phenoxy) is 1. The van der Waals surface area contributed by atoms with E-state index in [2.05, 4.69) is 14.9 Å². The fourth-order valence-electron chi connectivity index (χ4n) is 3.47. The Morgan fingerprint density at radius 2 is 2.17 bits per heavy atom. The molecule has 1 spiro atoms. The smallest absolute Gasteiger partial charge is 0.213 e. The molecule has 1 aromatic heterocycles. The molecule has 0 aromatic carbocycles. The molecule has 8 heteroatoms. The SMILES string of the molecule is CCS(=O)(=O)N1CCC[C@@]2(COCCN(c3cnccn3)C2)C1. The van der Waals surface area contributed by atoms with E-state index in [9.17, 15) is 8.42 Å². The van der Waals surface area contributed by atoms with Crippen molar-refractivity contribution in [3.8, 4) is 0 Å². The third kappa shape index (κ3) is 3.64. The van der Waals surface area contributed by atoms with Gasteiger partial charge in [-0.3, -0.25) is 4.98 Å². The number of piperidine rings is 1. The Kier molecular flexibility index (Phi) is 4.84. The molecule has 2 aliphatic heterocycles. The summed E-state index contributed by atoms with van der Waals surface area (Å²) in [7, 11) is -3.16. The van der Waals surface area contributed by atoms with Crippen LogP contribution in [0.25, 0.3) is 0 Å². The predicted octanol–water partition coefficient (Wildman–Crippen LogP) is 0.745. The standard InChI is InChI=1S/C15H24N4O3S/c1-2-23(20,21)19-7-3-4-15(12-19)11-18(8-9-22-13-15)14-10-16-5-6-17-14/h5-6,10H,2-4,7-9,11-13H2,1H3/t15-/m0/s1. The summed E-state index contributed by atoms with van der Waals surface area (Å²) in [6.07, 6.45) is 6.94. The molecule has 0 unspecified atom stereocenters.